The molecule has 0 bridgehead atoms. The van der Waals surface area contributed by atoms with Crippen LogP contribution in [0.5, 0.6) is 5.75 Å². The molecule has 1 N–H and O–H groups in total. The molecular formula is C25H27N3O2S. The molecule has 0 saturated carbocycles. The number of para-hydroxylation sites is 2. The van der Waals surface area contributed by atoms with Gasteiger partial charge < -0.3 is 14.6 Å². The van der Waals surface area contributed by atoms with Crippen LogP contribution in [0.2, 0.25) is 0 Å². The van der Waals surface area contributed by atoms with Crippen LogP contribution in [0.1, 0.15) is 46.9 Å². The van der Waals surface area contributed by atoms with Gasteiger partial charge in [0.15, 0.2) is 0 Å². The molecule has 31 heavy (non-hydrogen) atoms. The number of benzene rings is 2. The van der Waals surface area contributed by atoms with Gasteiger partial charge in [-0.15, -0.1) is 11.3 Å². The van der Waals surface area contributed by atoms with Crippen molar-refractivity contribution in [3.05, 3.63) is 82.3 Å². The minimum absolute atomic E-state index is 0.0624. The lowest BCUT2D eigenvalue weighted by molar-refractivity contribution is 0.0941. The molecule has 0 radical (unpaired) electrons. The van der Waals surface area contributed by atoms with Crippen molar-refractivity contribution >= 4 is 28.3 Å². The number of hydrogen-bond acceptors (Lipinski definition) is 4. The Kier molecular flexibility index (Phi) is 6.67. The highest BCUT2D eigenvalue weighted by Crippen LogP contribution is 2.22. The smallest absolute Gasteiger partial charge is 0.261 e. The van der Waals surface area contributed by atoms with Gasteiger partial charge in [0.05, 0.1) is 28.6 Å². The maximum Gasteiger partial charge on any atom is 0.261 e. The maximum absolute atomic E-state index is 12.5. The third kappa shape index (κ3) is 5.14. The number of imidazole rings is 1. The number of aryl methyl sites for hydroxylation is 2. The maximum atomic E-state index is 12.5. The van der Waals surface area contributed by atoms with Crippen molar-refractivity contribution in [3.63, 3.8) is 0 Å². The average molecular weight is 434 g/mol. The highest BCUT2D eigenvalue weighted by atomic mass is 32.1. The Balaban J connectivity index is 1.41. The van der Waals surface area contributed by atoms with Crippen LogP contribution >= 0.6 is 11.3 Å². The summed E-state index contributed by atoms with van der Waals surface area (Å²) in [6.07, 6.45) is 1.90. The number of rotatable bonds is 9. The number of amides is 1. The van der Waals surface area contributed by atoms with Gasteiger partial charge in [-0.3, -0.25) is 4.79 Å². The second-order valence-corrected chi connectivity index (χ2v) is 8.60. The summed E-state index contributed by atoms with van der Waals surface area (Å²) in [5.41, 5.74) is 3.27. The molecule has 0 aliphatic carbocycles. The molecule has 0 aliphatic heterocycles. The zero-order valence-electron chi connectivity index (χ0n) is 17.9. The third-order valence-corrected chi connectivity index (χ3v) is 6.10. The molecule has 1 amide bonds. The number of carbonyl (C=O) groups is 1. The molecule has 5 nitrogen and oxygen atoms in total. The van der Waals surface area contributed by atoms with Crippen molar-refractivity contribution in [3.8, 4) is 5.75 Å². The molecule has 0 fully saturated rings. The van der Waals surface area contributed by atoms with Gasteiger partial charge in [-0.25, -0.2) is 4.98 Å². The zero-order valence-corrected chi connectivity index (χ0v) is 18.7. The number of nitrogens with zero attached hydrogens (tertiary/aromatic N) is 2. The van der Waals surface area contributed by atoms with Gasteiger partial charge >= 0.3 is 0 Å². The minimum Gasteiger partial charge on any atom is -0.494 e. The summed E-state index contributed by atoms with van der Waals surface area (Å²) in [6, 6.07) is 19.8. The molecule has 2 heterocycles. The van der Waals surface area contributed by atoms with E-state index in [0.29, 0.717) is 11.5 Å². The lowest BCUT2D eigenvalue weighted by atomic mass is 10.2. The summed E-state index contributed by atoms with van der Waals surface area (Å²) in [5.74, 6) is 1.72. The van der Waals surface area contributed by atoms with E-state index in [-0.39, 0.29) is 11.9 Å². The van der Waals surface area contributed by atoms with Gasteiger partial charge in [-0.1, -0.05) is 35.9 Å². The van der Waals surface area contributed by atoms with Crippen LogP contribution in [-0.4, -0.2) is 22.1 Å². The van der Waals surface area contributed by atoms with Crippen molar-refractivity contribution in [1.29, 1.82) is 0 Å². The molecule has 1 atom stereocenters. The number of carbonyl (C=O) groups excluding carboxylic acids is 1. The monoisotopic (exact) mass is 433 g/mol. The first-order valence-corrected chi connectivity index (χ1v) is 11.5. The summed E-state index contributed by atoms with van der Waals surface area (Å²) in [4.78, 5) is 18.0. The fourth-order valence-electron chi connectivity index (χ4n) is 3.60. The van der Waals surface area contributed by atoms with Gasteiger partial charge in [0.25, 0.3) is 5.91 Å². The molecule has 0 spiro atoms. The Labute approximate surface area is 186 Å². The Morgan fingerprint density at radius 2 is 1.90 bits per heavy atom. The van der Waals surface area contributed by atoms with Gasteiger partial charge in [-0.2, -0.15) is 0 Å². The predicted molar refractivity (Wildman–Crippen MR) is 126 cm³/mol. The third-order valence-electron chi connectivity index (χ3n) is 5.23. The van der Waals surface area contributed by atoms with E-state index in [4.69, 9.17) is 9.72 Å². The first kappa shape index (κ1) is 21.1. The molecule has 0 aliphatic rings. The summed E-state index contributed by atoms with van der Waals surface area (Å²) >= 11 is 1.44. The van der Waals surface area contributed by atoms with Crippen LogP contribution in [-0.2, 0) is 6.54 Å². The second-order valence-electron chi connectivity index (χ2n) is 7.65. The van der Waals surface area contributed by atoms with Crippen molar-refractivity contribution in [2.24, 2.45) is 0 Å². The average Bonchev–Trinajstić information content (AvgIpc) is 3.43. The van der Waals surface area contributed by atoms with Crippen LogP contribution in [0.25, 0.3) is 11.0 Å². The molecule has 4 aromatic rings. The van der Waals surface area contributed by atoms with E-state index in [1.54, 1.807) is 0 Å². The summed E-state index contributed by atoms with van der Waals surface area (Å²) in [6.45, 7) is 5.56. The summed E-state index contributed by atoms with van der Waals surface area (Å²) in [5, 5.41) is 5.00. The van der Waals surface area contributed by atoms with Crippen LogP contribution in [0.4, 0.5) is 0 Å². The number of hydrogen-bond donors (Lipinski definition) is 1. The number of thiophene rings is 1. The molecular weight excluding hydrogens is 406 g/mol. The van der Waals surface area contributed by atoms with Crippen molar-refractivity contribution in [1.82, 2.24) is 14.9 Å². The lowest BCUT2D eigenvalue weighted by Gasteiger charge is -2.16. The Bertz CT molecular complexity index is 1130. The van der Waals surface area contributed by atoms with Crippen LogP contribution in [0.15, 0.2) is 66.0 Å². The zero-order chi connectivity index (χ0) is 21.6. The number of ether oxygens (including phenoxy) is 1. The van der Waals surface area contributed by atoms with Crippen molar-refractivity contribution in [2.45, 2.75) is 39.3 Å². The molecule has 1 unspecified atom stereocenters. The van der Waals surface area contributed by atoms with E-state index in [2.05, 4.69) is 35.0 Å². The topological polar surface area (TPSA) is 56.1 Å². The molecule has 4 rings (SSSR count). The SMILES string of the molecule is Cc1ccc(OCCCCn2c(C(C)NC(=O)c3cccs3)nc3ccccc32)cc1. The number of unbranched alkanes of at least 4 members (excludes halogenated alkanes) is 1. The van der Waals surface area contributed by atoms with Crippen LogP contribution in [0, 0.1) is 6.92 Å². The van der Waals surface area contributed by atoms with E-state index in [1.165, 1.54) is 16.9 Å². The van der Waals surface area contributed by atoms with Gasteiger partial charge in [0.1, 0.15) is 11.6 Å². The Hall–Kier alpha value is -3.12. The first-order valence-electron chi connectivity index (χ1n) is 10.6. The number of nitrogens with one attached hydrogen (secondary N) is 1. The van der Waals surface area contributed by atoms with E-state index < -0.39 is 0 Å². The molecule has 6 heteroatoms. The summed E-state index contributed by atoms with van der Waals surface area (Å²) in [7, 11) is 0. The Morgan fingerprint density at radius 1 is 1.10 bits per heavy atom. The second kappa shape index (κ2) is 9.79. The van der Waals surface area contributed by atoms with E-state index in [9.17, 15) is 4.79 Å². The Morgan fingerprint density at radius 3 is 2.68 bits per heavy atom. The molecule has 2 aromatic carbocycles. The number of fused-ring (bicyclic) bond motifs is 1. The highest BCUT2D eigenvalue weighted by Gasteiger charge is 2.19. The van der Waals surface area contributed by atoms with Crippen LogP contribution in [0.3, 0.4) is 0 Å². The van der Waals surface area contributed by atoms with Crippen LogP contribution < -0.4 is 10.1 Å². The van der Waals surface area contributed by atoms with E-state index in [0.717, 1.165) is 42.0 Å². The quantitative estimate of drug-likeness (QED) is 0.342. The van der Waals surface area contributed by atoms with E-state index >= 15 is 0 Å². The van der Waals surface area contributed by atoms with Crippen molar-refractivity contribution in [2.75, 3.05) is 6.61 Å². The largest absolute Gasteiger partial charge is 0.494 e. The molecule has 160 valence electrons. The van der Waals surface area contributed by atoms with Gasteiger partial charge in [0.2, 0.25) is 0 Å². The fourth-order valence-corrected chi connectivity index (χ4v) is 4.22. The van der Waals surface area contributed by atoms with Crippen molar-refractivity contribution < 1.29 is 9.53 Å². The predicted octanol–water partition coefficient (Wildman–Crippen LogP) is 5.76. The fraction of sp³-hybridized carbons (Fsp3) is 0.280. The minimum atomic E-state index is -0.189. The van der Waals surface area contributed by atoms with Gasteiger partial charge in [0, 0.05) is 6.54 Å². The number of aromatic nitrogens is 2. The molecule has 0 saturated heterocycles. The summed E-state index contributed by atoms with van der Waals surface area (Å²) < 4.78 is 8.08. The first-order chi connectivity index (χ1) is 15.1. The lowest BCUT2D eigenvalue weighted by Crippen LogP contribution is -2.28. The van der Waals surface area contributed by atoms with Gasteiger partial charge in [-0.05, 0) is 62.4 Å². The standard InChI is InChI=1S/C25H27N3O2S/c1-18-11-13-20(14-12-18)30-16-6-5-15-28-22-9-4-3-8-21(22)27-24(28)19(2)26-25(29)23-10-7-17-31-23/h3-4,7-14,17,19H,5-6,15-16H2,1-2H3,(H,26,29). The van der Waals surface area contributed by atoms with E-state index in [1.807, 2.05) is 54.8 Å². The highest BCUT2D eigenvalue weighted by molar-refractivity contribution is 7.12. The normalized spacial score (nSPS) is 12.1. The molecule has 2 aromatic heterocycles.